The van der Waals surface area contributed by atoms with Crippen LogP contribution in [-0.2, 0) is 15.7 Å². The molecule has 0 spiro atoms. The Bertz CT molecular complexity index is 109. The minimum absolute atomic E-state index is 0.268. The van der Waals surface area contributed by atoms with Crippen LogP contribution in [0.4, 0.5) is 0 Å². The smallest absolute Gasteiger partial charge is 0.0907 e. The molecular weight excluding hydrogens is 154 g/mol. The van der Waals surface area contributed by atoms with Gasteiger partial charge in [-0.25, -0.2) is 8.93 Å². The van der Waals surface area contributed by atoms with Gasteiger partial charge >= 0.3 is 0 Å². The first-order valence-electron chi connectivity index (χ1n) is 2.90. The van der Waals surface area contributed by atoms with Gasteiger partial charge < -0.3 is 9.84 Å². The topological polar surface area (TPSA) is 58.6 Å². The Morgan fingerprint density at radius 2 is 2.40 bits per heavy atom. The molecule has 4 nitrogen and oxygen atoms in total. The van der Waals surface area contributed by atoms with Crippen LogP contribution in [0.2, 0.25) is 0 Å². The van der Waals surface area contributed by atoms with E-state index in [1.54, 1.807) is 0 Å². The molecule has 5 heteroatoms. The van der Waals surface area contributed by atoms with E-state index < -0.39 is 17.1 Å². The Balaban J connectivity index is 3.21. The Kier molecular flexibility index (Phi) is 5.81. The van der Waals surface area contributed by atoms with E-state index in [0.29, 0.717) is 6.54 Å². The van der Waals surface area contributed by atoms with Crippen molar-refractivity contribution in [1.82, 2.24) is 4.72 Å². The predicted molar refractivity (Wildman–Crippen MR) is 40.0 cm³/mol. The molecule has 0 aromatic carbocycles. The number of aliphatic hydroxyl groups excluding tert-OH is 1. The van der Waals surface area contributed by atoms with Gasteiger partial charge in [0.2, 0.25) is 0 Å². The van der Waals surface area contributed by atoms with Crippen molar-refractivity contribution in [2.45, 2.75) is 6.10 Å². The summed E-state index contributed by atoms with van der Waals surface area (Å²) in [5, 5.41) is 8.98. The summed E-state index contributed by atoms with van der Waals surface area (Å²) in [5.74, 6) is 0. The molecule has 10 heavy (non-hydrogen) atoms. The zero-order valence-electron chi connectivity index (χ0n) is 6.16. The van der Waals surface area contributed by atoms with E-state index in [9.17, 15) is 4.21 Å². The van der Waals surface area contributed by atoms with Crippen LogP contribution in [0.15, 0.2) is 0 Å². The SMILES string of the molecule is COCC(O)CNS(C)=O. The molecule has 0 radical (unpaired) electrons. The highest BCUT2D eigenvalue weighted by Crippen LogP contribution is 1.80. The lowest BCUT2D eigenvalue weighted by Crippen LogP contribution is -2.30. The molecule has 0 aliphatic heterocycles. The molecule has 62 valence electrons. The van der Waals surface area contributed by atoms with Crippen LogP contribution in [0.25, 0.3) is 0 Å². The molecule has 0 saturated carbocycles. The maximum Gasteiger partial charge on any atom is 0.0907 e. The lowest BCUT2D eigenvalue weighted by molar-refractivity contribution is 0.0681. The van der Waals surface area contributed by atoms with Gasteiger partial charge in [-0.2, -0.15) is 0 Å². The van der Waals surface area contributed by atoms with Gasteiger partial charge in [-0.3, -0.25) is 0 Å². The summed E-state index contributed by atoms with van der Waals surface area (Å²) < 4.78 is 17.6. The molecule has 2 unspecified atom stereocenters. The van der Waals surface area contributed by atoms with Crippen molar-refractivity contribution in [3.8, 4) is 0 Å². The van der Waals surface area contributed by atoms with Crippen LogP contribution < -0.4 is 4.72 Å². The van der Waals surface area contributed by atoms with Gasteiger partial charge in [-0.1, -0.05) is 0 Å². The monoisotopic (exact) mass is 167 g/mol. The molecule has 0 aromatic rings. The standard InChI is InChI=1S/C5H13NO3S/c1-9-4-5(7)3-6-10(2)8/h5-7H,3-4H2,1-2H3. The van der Waals surface area contributed by atoms with Gasteiger partial charge in [0.25, 0.3) is 0 Å². The molecule has 2 atom stereocenters. The van der Waals surface area contributed by atoms with E-state index in [1.807, 2.05) is 0 Å². The Morgan fingerprint density at radius 3 is 2.80 bits per heavy atom. The molecule has 0 bridgehead atoms. The fraction of sp³-hybridized carbons (Fsp3) is 1.00. The molecule has 0 saturated heterocycles. The number of aliphatic hydroxyl groups is 1. The van der Waals surface area contributed by atoms with Gasteiger partial charge in [-0.15, -0.1) is 0 Å². The van der Waals surface area contributed by atoms with Crippen LogP contribution in [0.1, 0.15) is 0 Å². The molecular formula is C5H13NO3S. The average molecular weight is 167 g/mol. The summed E-state index contributed by atoms with van der Waals surface area (Å²) in [5.41, 5.74) is 0. The summed E-state index contributed by atoms with van der Waals surface area (Å²) >= 11 is 0. The third-order valence-corrected chi connectivity index (χ3v) is 1.45. The Labute approximate surface area is 63.2 Å². The van der Waals surface area contributed by atoms with Crippen molar-refractivity contribution in [3.05, 3.63) is 0 Å². The fourth-order valence-electron chi connectivity index (χ4n) is 0.465. The van der Waals surface area contributed by atoms with Crippen LogP contribution in [0.5, 0.6) is 0 Å². The zero-order valence-corrected chi connectivity index (χ0v) is 6.98. The van der Waals surface area contributed by atoms with Crippen molar-refractivity contribution in [2.75, 3.05) is 26.5 Å². The minimum atomic E-state index is -1.06. The fourth-order valence-corrected chi connectivity index (χ4v) is 0.892. The Morgan fingerprint density at radius 1 is 1.80 bits per heavy atom. The highest BCUT2D eigenvalue weighted by molar-refractivity contribution is 7.82. The van der Waals surface area contributed by atoms with Gasteiger partial charge in [-0.05, 0) is 0 Å². The van der Waals surface area contributed by atoms with Gasteiger partial charge in [0.15, 0.2) is 0 Å². The number of rotatable bonds is 5. The summed E-state index contributed by atoms with van der Waals surface area (Å²) in [6, 6.07) is 0. The van der Waals surface area contributed by atoms with Crippen LogP contribution in [-0.4, -0.2) is 41.9 Å². The van der Waals surface area contributed by atoms with Gasteiger partial charge in [0, 0.05) is 19.9 Å². The Hall–Kier alpha value is 0.0300. The highest BCUT2D eigenvalue weighted by Gasteiger charge is 2.01. The quantitative estimate of drug-likeness (QED) is 0.545. The lowest BCUT2D eigenvalue weighted by atomic mass is 10.4. The first-order chi connectivity index (χ1) is 4.66. The second-order valence-corrected chi connectivity index (χ2v) is 3.11. The first-order valence-corrected chi connectivity index (χ1v) is 4.46. The average Bonchev–Trinajstić information content (AvgIpc) is 1.85. The van der Waals surface area contributed by atoms with Crippen LogP contribution in [0, 0.1) is 0 Å². The molecule has 0 rings (SSSR count). The second kappa shape index (κ2) is 5.79. The highest BCUT2D eigenvalue weighted by atomic mass is 32.2. The molecule has 0 amide bonds. The predicted octanol–water partition coefficient (Wildman–Crippen LogP) is -1.12. The summed E-state index contributed by atoms with van der Waals surface area (Å²) in [7, 11) is 0.451. The zero-order chi connectivity index (χ0) is 7.98. The third-order valence-electron chi connectivity index (χ3n) is 0.881. The molecule has 0 aliphatic rings. The van der Waals surface area contributed by atoms with Crippen LogP contribution >= 0.6 is 0 Å². The molecule has 0 heterocycles. The minimum Gasteiger partial charge on any atom is -0.389 e. The largest absolute Gasteiger partial charge is 0.389 e. The van der Waals surface area contributed by atoms with Crippen molar-refractivity contribution in [3.63, 3.8) is 0 Å². The maximum absolute atomic E-state index is 10.4. The van der Waals surface area contributed by atoms with Crippen molar-refractivity contribution in [2.24, 2.45) is 0 Å². The van der Waals surface area contributed by atoms with Crippen molar-refractivity contribution in [1.29, 1.82) is 0 Å². The van der Waals surface area contributed by atoms with Crippen molar-refractivity contribution >= 4 is 11.0 Å². The van der Waals surface area contributed by atoms with E-state index >= 15 is 0 Å². The van der Waals surface area contributed by atoms with E-state index in [4.69, 9.17) is 5.11 Å². The maximum atomic E-state index is 10.4. The van der Waals surface area contributed by atoms with E-state index in [1.165, 1.54) is 13.4 Å². The number of nitrogens with one attached hydrogen (secondary N) is 1. The molecule has 0 aromatic heterocycles. The van der Waals surface area contributed by atoms with E-state index in [2.05, 4.69) is 9.46 Å². The van der Waals surface area contributed by atoms with Gasteiger partial charge in [0.05, 0.1) is 23.7 Å². The molecule has 0 fully saturated rings. The van der Waals surface area contributed by atoms with Crippen molar-refractivity contribution < 1.29 is 14.1 Å². The lowest BCUT2D eigenvalue weighted by Gasteiger charge is -2.07. The number of ether oxygens (including phenoxy) is 1. The summed E-state index contributed by atoms with van der Waals surface area (Å²) in [4.78, 5) is 0. The number of hydrogen-bond donors (Lipinski definition) is 2. The number of methoxy groups -OCH3 is 1. The summed E-state index contributed by atoms with van der Waals surface area (Å²) in [6.07, 6.45) is 0.938. The molecule has 2 N–H and O–H groups in total. The first kappa shape index (κ1) is 10.0. The van der Waals surface area contributed by atoms with E-state index in [0.717, 1.165) is 0 Å². The second-order valence-electron chi connectivity index (χ2n) is 1.91. The van der Waals surface area contributed by atoms with Crippen LogP contribution in [0.3, 0.4) is 0 Å². The van der Waals surface area contributed by atoms with E-state index in [-0.39, 0.29) is 6.61 Å². The summed E-state index contributed by atoms with van der Waals surface area (Å²) in [6.45, 7) is 0.571. The third kappa shape index (κ3) is 6.15. The molecule has 0 aliphatic carbocycles. The normalized spacial score (nSPS) is 16.7. The number of hydrogen-bond acceptors (Lipinski definition) is 3. The van der Waals surface area contributed by atoms with Gasteiger partial charge in [0.1, 0.15) is 0 Å².